The molecule has 0 bridgehead atoms. The molecule has 0 aliphatic heterocycles. The van der Waals surface area contributed by atoms with Crippen molar-refractivity contribution >= 4 is 11.0 Å². The van der Waals surface area contributed by atoms with Crippen LogP contribution in [0.4, 0.5) is 0 Å². The number of hydrogen-bond donors (Lipinski definition) is 2. The lowest BCUT2D eigenvalue weighted by Gasteiger charge is -2.34. The van der Waals surface area contributed by atoms with Crippen LogP contribution in [0.2, 0.25) is 0 Å². The van der Waals surface area contributed by atoms with Crippen molar-refractivity contribution < 1.29 is 4.52 Å². The third kappa shape index (κ3) is 2.10. The molecular formula is C16H17N5O3. The first kappa shape index (κ1) is 14.8. The number of aromatic nitrogens is 4. The summed E-state index contributed by atoms with van der Waals surface area (Å²) in [5.74, 6) is 0.856. The van der Waals surface area contributed by atoms with Gasteiger partial charge in [-0.3, -0.25) is 9.59 Å². The molecule has 0 saturated heterocycles. The standard InChI is InChI=1S/C16H17N5O3/c1-2-21-11-5-4-9(8-10(11)18-12(22)14(21)23)13-19-15(20-24-13)16(17)6-3-7-16/h4-5,8H,2-3,6-7,17H2,1H3,(H,18,22). The molecule has 0 amide bonds. The summed E-state index contributed by atoms with van der Waals surface area (Å²) in [7, 11) is 0. The molecule has 1 fully saturated rings. The van der Waals surface area contributed by atoms with Gasteiger partial charge in [0.05, 0.1) is 16.6 Å². The molecule has 0 unspecified atom stereocenters. The van der Waals surface area contributed by atoms with Crippen LogP contribution in [0.5, 0.6) is 0 Å². The molecule has 8 heteroatoms. The fourth-order valence-electron chi connectivity index (χ4n) is 3.05. The number of hydrogen-bond acceptors (Lipinski definition) is 6. The number of benzene rings is 1. The van der Waals surface area contributed by atoms with Crippen LogP contribution in [-0.2, 0) is 12.1 Å². The van der Waals surface area contributed by atoms with Crippen molar-refractivity contribution in [3.8, 4) is 11.5 Å². The Hall–Kier alpha value is -2.74. The van der Waals surface area contributed by atoms with E-state index in [1.165, 1.54) is 4.57 Å². The van der Waals surface area contributed by atoms with Gasteiger partial charge in [-0.15, -0.1) is 0 Å². The average molecular weight is 327 g/mol. The van der Waals surface area contributed by atoms with Gasteiger partial charge < -0.3 is 19.8 Å². The molecule has 1 aliphatic carbocycles. The number of nitrogens with zero attached hydrogens (tertiary/aromatic N) is 3. The molecule has 1 saturated carbocycles. The van der Waals surface area contributed by atoms with E-state index < -0.39 is 16.7 Å². The zero-order valence-electron chi connectivity index (χ0n) is 13.2. The first-order valence-electron chi connectivity index (χ1n) is 7.92. The van der Waals surface area contributed by atoms with E-state index in [0.29, 0.717) is 34.9 Å². The van der Waals surface area contributed by atoms with Gasteiger partial charge in [0.25, 0.3) is 5.89 Å². The van der Waals surface area contributed by atoms with Gasteiger partial charge in [0, 0.05) is 12.1 Å². The number of nitrogens with one attached hydrogen (secondary N) is 1. The first-order valence-corrected chi connectivity index (χ1v) is 7.92. The zero-order valence-corrected chi connectivity index (χ0v) is 13.2. The summed E-state index contributed by atoms with van der Waals surface area (Å²) in [5.41, 5.74) is 6.37. The Bertz CT molecular complexity index is 1040. The number of aryl methyl sites for hydroxylation is 1. The van der Waals surface area contributed by atoms with Gasteiger partial charge in [0.2, 0.25) is 0 Å². The quantitative estimate of drug-likeness (QED) is 0.695. The topological polar surface area (TPSA) is 120 Å². The van der Waals surface area contributed by atoms with Crippen molar-refractivity contribution in [3.63, 3.8) is 0 Å². The highest BCUT2D eigenvalue weighted by molar-refractivity contribution is 5.79. The monoisotopic (exact) mass is 327 g/mol. The van der Waals surface area contributed by atoms with E-state index in [0.717, 1.165) is 19.3 Å². The van der Waals surface area contributed by atoms with Crippen LogP contribution in [-0.4, -0.2) is 19.7 Å². The maximum absolute atomic E-state index is 11.9. The van der Waals surface area contributed by atoms with Crippen molar-refractivity contribution in [1.29, 1.82) is 0 Å². The highest BCUT2D eigenvalue weighted by Crippen LogP contribution is 2.37. The maximum atomic E-state index is 11.9. The van der Waals surface area contributed by atoms with Crippen LogP contribution in [0.15, 0.2) is 32.3 Å². The summed E-state index contributed by atoms with van der Waals surface area (Å²) in [6, 6.07) is 5.27. The second-order valence-corrected chi connectivity index (χ2v) is 6.17. The summed E-state index contributed by atoms with van der Waals surface area (Å²) < 4.78 is 6.76. The van der Waals surface area contributed by atoms with Gasteiger partial charge in [-0.05, 0) is 44.4 Å². The molecule has 24 heavy (non-hydrogen) atoms. The van der Waals surface area contributed by atoms with Gasteiger partial charge in [-0.25, -0.2) is 0 Å². The Morgan fingerprint density at radius 3 is 2.83 bits per heavy atom. The summed E-state index contributed by atoms with van der Waals surface area (Å²) in [4.78, 5) is 30.7. The fourth-order valence-corrected chi connectivity index (χ4v) is 3.05. The predicted octanol–water partition coefficient (Wildman–Crippen LogP) is 1.10. The molecule has 2 aromatic heterocycles. The van der Waals surface area contributed by atoms with Gasteiger partial charge in [-0.2, -0.15) is 4.98 Å². The van der Waals surface area contributed by atoms with Crippen LogP contribution in [0.3, 0.4) is 0 Å². The Kier molecular flexibility index (Phi) is 3.17. The normalized spacial score (nSPS) is 16.2. The van der Waals surface area contributed by atoms with Crippen LogP contribution in [0, 0.1) is 0 Å². The van der Waals surface area contributed by atoms with Gasteiger partial charge in [-0.1, -0.05) is 5.16 Å². The number of H-pyrrole nitrogens is 1. The van der Waals surface area contributed by atoms with Crippen molar-refractivity contribution in [1.82, 2.24) is 19.7 Å². The van der Waals surface area contributed by atoms with E-state index in [1.807, 2.05) is 6.92 Å². The summed E-state index contributed by atoms with van der Waals surface area (Å²) >= 11 is 0. The number of aromatic amines is 1. The smallest absolute Gasteiger partial charge is 0.316 e. The Balaban J connectivity index is 1.82. The van der Waals surface area contributed by atoms with E-state index in [1.54, 1.807) is 18.2 Å². The Morgan fingerprint density at radius 1 is 1.38 bits per heavy atom. The second kappa shape index (κ2) is 5.13. The second-order valence-electron chi connectivity index (χ2n) is 6.17. The van der Waals surface area contributed by atoms with Gasteiger partial charge in [0.1, 0.15) is 0 Å². The molecule has 0 radical (unpaired) electrons. The first-order chi connectivity index (χ1) is 11.5. The molecule has 4 rings (SSSR count). The molecule has 0 spiro atoms. The highest BCUT2D eigenvalue weighted by atomic mass is 16.5. The summed E-state index contributed by atoms with van der Waals surface area (Å²) in [6.45, 7) is 2.23. The van der Waals surface area contributed by atoms with Crippen LogP contribution >= 0.6 is 0 Å². The van der Waals surface area contributed by atoms with Crippen LogP contribution < -0.4 is 16.9 Å². The molecule has 3 N–H and O–H groups in total. The molecule has 124 valence electrons. The summed E-state index contributed by atoms with van der Waals surface area (Å²) in [5, 5.41) is 3.99. The Morgan fingerprint density at radius 2 is 2.17 bits per heavy atom. The number of nitrogens with two attached hydrogens (primary N) is 1. The molecule has 2 heterocycles. The maximum Gasteiger partial charge on any atom is 0.316 e. The minimum Gasteiger partial charge on any atom is -0.334 e. The minimum atomic E-state index is -0.650. The van der Waals surface area contributed by atoms with Crippen molar-refractivity contribution in [2.45, 2.75) is 38.3 Å². The lowest BCUT2D eigenvalue weighted by Crippen LogP contribution is -2.44. The average Bonchev–Trinajstić information content (AvgIpc) is 3.04. The van der Waals surface area contributed by atoms with E-state index in [4.69, 9.17) is 10.3 Å². The van der Waals surface area contributed by atoms with Crippen LogP contribution in [0.25, 0.3) is 22.5 Å². The molecule has 1 aromatic carbocycles. The van der Waals surface area contributed by atoms with E-state index in [2.05, 4.69) is 15.1 Å². The summed E-state index contributed by atoms with van der Waals surface area (Å²) in [6.07, 6.45) is 2.76. The lowest BCUT2D eigenvalue weighted by atomic mass is 9.77. The van der Waals surface area contributed by atoms with Crippen molar-refractivity contribution in [2.75, 3.05) is 0 Å². The third-order valence-corrected chi connectivity index (χ3v) is 4.66. The number of fused-ring (bicyclic) bond motifs is 1. The molecule has 8 nitrogen and oxygen atoms in total. The largest absolute Gasteiger partial charge is 0.334 e. The van der Waals surface area contributed by atoms with Gasteiger partial charge >= 0.3 is 11.1 Å². The zero-order chi connectivity index (χ0) is 16.9. The molecule has 0 atom stereocenters. The predicted molar refractivity (Wildman–Crippen MR) is 87.5 cm³/mol. The lowest BCUT2D eigenvalue weighted by molar-refractivity contribution is 0.229. The number of rotatable bonds is 3. The van der Waals surface area contributed by atoms with Crippen molar-refractivity contribution in [2.24, 2.45) is 5.73 Å². The third-order valence-electron chi connectivity index (χ3n) is 4.66. The van der Waals surface area contributed by atoms with E-state index in [9.17, 15) is 9.59 Å². The SMILES string of the molecule is CCn1c(=O)c(=O)[nH]c2cc(-c3nc(C4(N)CCC4)no3)ccc21. The molecule has 1 aliphatic rings. The van der Waals surface area contributed by atoms with Crippen molar-refractivity contribution in [3.05, 3.63) is 44.7 Å². The van der Waals surface area contributed by atoms with Crippen LogP contribution in [0.1, 0.15) is 32.0 Å². The van der Waals surface area contributed by atoms with E-state index >= 15 is 0 Å². The fraction of sp³-hybridized carbons (Fsp3) is 0.375. The highest BCUT2D eigenvalue weighted by Gasteiger charge is 2.39. The van der Waals surface area contributed by atoms with Gasteiger partial charge in [0.15, 0.2) is 5.82 Å². The molecule has 3 aromatic rings. The minimum absolute atomic E-state index is 0.346. The molecular weight excluding hydrogens is 310 g/mol. The van der Waals surface area contributed by atoms with E-state index in [-0.39, 0.29) is 0 Å². The Labute approximate surface area is 136 Å².